The molecule has 2 fully saturated rings. The monoisotopic (exact) mass is 321 g/mol. The van der Waals surface area contributed by atoms with Crippen molar-refractivity contribution in [2.24, 2.45) is 5.92 Å². The van der Waals surface area contributed by atoms with E-state index < -0.39 is 10.9 Å². The summed E-state index contributed by atoms with van der Waals surface area (Å²) in [6.45, 7) is 3.07. The minimum Gasteiger partial charge on any atom is -0.465 e. The van der Waals surface area contributed by atoms with Crippen molar-refractivity contribution in [3.8, 4) is 0 Å². The van der Waals surface area contributed by atoms with Gasteiger partial charge in [0.05, 0.1) is 29.8 Å². The van der Waals surface area contributed by atoms with Crippen molar-refractivity contribution in [1.82, 2.24) is 4.98 Å². The molecule has 124 valence electrons. The number of aromatic nitrogens is 1. The standard InChI is InChI=1S/C15H19N3O5/c1-9-7-17(8-13(23-9)10-3-4-10)14-12(18(20)21)5-11(6-16-14)15(19)22-2/h5-6,9-10,13H,3-4,7-8H2,1-2H3/t9-,13+/m1/s1. The molecule has 0 amide bonds. The SMILES string of the molecule is COC(=O)c1cnc(N2C[C@@H](C)O[C@H](C3CC3)C2)c([N+](=O)[O-])c1. The summed E-state index contributed by atoms with van der Waals surface area (Å²) in [6, 6.07) is 1.22. The van der Waals surface area contributed by atoms with Crippen LogP contribution in [-0.4, -0.2) is 48.3 Å². The van der Waals surface area contributed by atoms with Crippen LogP contribution in [0.2, 0.25) is 0 Å². The second-order valence-electron chi connectivity index (χ2n) is 6.04. The maximum atomic E-state index is 11.6. The van der Waals surface area contributed by atoms with E-state index in [9.17, 15) is 14.9 Å². The Balaban J connectivity index is 1.91. The summed E-state index contributed by atoms with van der Waals surface area (Å²) in [5.74, 6) is 0.176. The highest BCUT2D eigenvalue weighted by Crippen LogP contribution is 2.38. The summed E-state index contributed by atoms with van der Waals surface area (Å²) in [5, 5.41) is 11.4. The molecule has 1 saturated heterocycles. The van der Waals surface area contributed by atoms with Crippen LogP contribution in [0.1, 0.15) is 30.1 Å². The van der Waals surface area contributed by atoms with Gasteiger partial charge in [-0.25, -0.2) is 9.78 Å². The largest absolute Gasteiger partial charge is 0.465 e. The molecular weight excluding hydrogens is 302 g/mol. The van der Waals surface area contributed by atoms with Crippen LogP contribution in [0.15, 0.2) is 12.3 Å². The smallest absolute Gasteiger partial charge is 0.339 e. The van der Waals surface area contributed by atoms with Gasteiger partial charge in [-0.1, -0.05) is 0 Å². The van der Waals surface area contributed by atoms with Crippen LogP contribution in [0.5, 0.6) is 0 Å². The van der Waals surface area contributed by atoms with Crippen molar-refractivity contribution in [3.05, 3.63) is 27.9 Å². The Hall–Kier alpha value is -2.22. The number of nitrogens with zero attached hydrogens (tertiary/aromatic N) is 3. The number of ether oxygens (including phenoxy) is 2. The van der Waals surface area contributed by atoms with Gasteiger partial charge in [-0.05, 0) is 25.7 Å². The lowest BCUT2D eigenvalue weighted by atomic mass is 10.1. The summed E-state index contributed by atoms with van der Waals surface area (Å²) >= 11 is 0. The van der Waals surface area contributed by atoms with Crippen LogP contribution in [0, 0.1) is 16.0 Å². The van der Waals surface area contributed by atoms with Gasteiger partial charge in [0.15, 0.2) is 0 Å². The van der Waals surface area contributed by atoms with Gasteiger partial charge in [0.1, 0.15) is 0 Å². The molecule has 23 heavy (non-hydrogen) atoms. The van der Waals surface area contributed by atoms with Gasteiger partial charge in [-0.15, -0.1) is 0 Å². The van der Waals surface area contributed by atoms with Gasteiger partial charge in [0.2, 0.25) is 5.82 Å². The first-order chi connectivity index (χ1) is 11.0. The Morgan fingerprint density at radius 2 is 2.22 bits per heavy atom. The Morgan fingerprint density at radius 1 is 1.48 bits per heavy atom. The maximum absolute atomic E-state index is 11.6. The second kappa shape index (κ2) is 6.11. The van der Waals surface area contributed by atoms with Gasteiger partial charge in [-0.3, -0.25) is 10.1 Å². The van der Waals surface area contributed by atoms with Crippen LogP contribution in [-0.2, 0) is 9.47 Å². The number of rotatable bonds is 4. The molecule has 0 aromatic carbocycles. The molecule has 0 spiro atoms. The van der Waals surface area contributed by atoms with Gasteiger partial charge in [0.25, 0.3) is 0 Å². The molecule has 2 aliphatic rings. The van der Waals surface area contributed by atoms with Crippen molar-refractivity contribution >= 4 is 17.5 Å². The average Bonchev–Trinajstić information content (AvgIpc) is 3.37. The zero-order valence-corrected chi connectivity index (χ0v) is 13.1. The first kappa shape index (κ1) is 15.7. The Kier molecular flexibility index (Phi) is 4.16. The van der Waals surface area contributed by atoms with E-state index >= 15 is 0 Å². The van der Waals surface area contributed by atoms with Gasteiger partial charge < -0.3 is 14.4 Å². The quantitative estimate of drug-likeness (QED) is 0.474. The van der Waals surface area contributed by atoms with Crippen molar-refractivity contribution in [3.63, 3.8) is 0 Å². The number of hydrogen-bond donors (Lipinski definition) is 0. The normalized spacial score (nSPS) is 24.3. The zero-order chi connectivity index (χ0) is 16.6. The molecule has 0 radical (unpaired) electrons. The fourth-order valence-electron chi connectivity index (χ4n) is 2.94. The van der Waals surface area contributed by atoms with E-state index in [1.165, 1.54) is 19.4 Å². The van der Waals surface area contributed by atoms with Crippen molar-refractivity contribution in [1.29, 1.82) is 0 Å². The van der Waals surface area contributed by atoms with Crippen LogP contribution in [0.4, 0.5) is 11.5 Å². The third-order valence-corrected chi connectivity index (χ3v) is 4.20. The van der Waals surface area contributed by atoms with E-state index in [-0.39, 0.29) is 29.3 Å². The number of morpholine rings is 1. The van der Waals surface area contributed by atoms with Crippen molar-refractivity contribution in [2.75, 3.05) is 25.1 Å². The summed E-state index contributed by atoms with van der Waals surface area (Å²) < 4.78 is 10.5. The van der Waals surface area contributed by atoms with Crippen LogP contribution < -0.4 is 4.90 Å². The molecule has 0 N–H and O–H groups in total. The number of hydrogen-bond acceptors (Lipinski definition) is 7. The Bertz CT molecular complexity index is 632. The highest BCUT2D eigenvalue weighted by Gasteiger charge is 2.39. The van der Waals surface area contributed by atoms with Crippen LogP contribution in [0.25, 0.3) is 0 Å². The summed E-state index contributed by atoms with van der Waals surface area (Å²) in [6.07, 6.45) is 3.67. The predicted molar refractivity (Wildman–Crippen MR) is 81.5 cm³/mol. The number of carbonyl (C=O) groups excluding carboxylic acids is 1. The molecule has 0 unspecified atom stereocenters. The Morgan fingerprint density at radius 3 is 2.83 bits per heavy atom. The fourth-order valence-corrected chi connectivity index (χ4v) is 2.94. The molecule has 8 nitrogen and oxygen atoms in total. The van der Waals surface area contributed by atoms with Gasteiger partial charge >= 0.3 is 11.7 Å². The maximum Gasteiger partial charge on any atom is 0.339 e. The van der Waals surface area contributed by atoms with E-state index in [0.717, 1.165) is 12.8 Å². The van der Waals surface area contributed by atoms with Gasteiger partial charge in [0, 0.05) is 25.4 Å². The van der Waals surface area contributed by atoms with Gasteiger partial charge in [-0.2, -0.15) is 0 Å². The zero-order valence-electron chi connectivity index (χ0n) is 13.1. The third-order valence-electron chi connectivity index (χ3n) is 4.20. The summed E-state index contributed by atoms with van der Waals surface area (Å²) in [7, 11) is 1.23. The molecule has 1 aliphatic heterocycles. The van der Waals surface area contributed by atoms with Crippen molar-refractivity contribution < 1.29 is 19.2 Å². The number of methoxy groups -OCH3 is 1. The predicted octanol–water partition coefficient (Wildman–Crippen LogP) is 1.78. The summed E-state index contributed by atoms with van der Waals surface area (Å²) in [5.41, 5.74) is -0.112. The molecule has 1 aliphatic carbocycles. The Labute approximate surface area is 133 Å². The lowest BCUT2D eigenvalue weighted by Gasteiger charge is -2.37. The molecule has 2 atom stereocenters. The fraction of sp³-hybridized carbons (Fsp3) is 0.600. The molecule has 0 bridgehead atoms. The molecule has 1 saturated carbocycles. The number of pyridine rings is 1. The third kappa shape index (κ3) is 3.26. The minimum absolute atomic E-state index is 0.0176. The van der Waals surface area contributed by atoms with E-state index in [1.54, 1.807) is 0 Å². The van der Waals surface area contributed by atoms with Crippen molar-refractivity contribution in [2.45, 2.75) is 32.0 Å². The average molecular weight is 321 g/mol. The van der Waals surface area contributed by atoms with E-state index in [0.29, 0.717) is 19.0 Å². The lowest BCUT2D eigenvalue weighted by molar-refractivity contribution is -0.384. The van der Waals surface area contributed by atoms with E-state index in [4.69, 9.17) is 4.74 Å². The van der Waals surface area contributed by atoms with Crippen LogP contribution in [0.3, 0.4) is 0 Å². The lowest BCUT2D eigenvalue weighted by Crippen LogP contribution is -2.48. The van der Waals surface area contributed by atoms with E-state index in [1.807, 2.05) is 11.8 Å². The van der Waals surface area contributed by atoms with Crippen LogP contribution >= 0.6 is 0 Å². The molecule has 3 rings (SSSR count). The first-order valence-corrected chi connectivity index (χ1v) is 7.62. The molecule has 2 heterocycles. The number of esters is 1. The van der Waals surface area contributed by atoms with E-state index in [2.05, 4.69) is 9.72 Å². The topological polar surface area (TPSA) is 94.8 Å². The molecule has 1 aromatic rings. The summed E-state index contributed by atoms with van der Waals surface area (Å²) in [4.78, 5) is 28.5. The highest BCUT2D eigenvalue weighted by atomic mass is 16.6. The number of anilines is 1. The number of nitro groups is 1. The molecule has 1 aromatic heterocycles. The molecule has 8 heteroatoms. The molecular formula is C15H19N3O5. The minimum atomic E-state index is -0.640. The number of carbonyl (C=O) groups is 1. The first-order valence-electron chi connectivity index (χ1n) is 7.62. The highest BCUT2D eigenvalue weighted by molar-refractivity contribution is 5.90. The second-order valence-corrected chi connectivity index (χ2v) is 6.04.